The lowest BCUT2D eigenvalue weighted by Gasteiger charge is -2.35. The van der Waals surface area contributed by atoms with E-state index in [0.717, 1.165) is 51.8 Å². The van der Waals surface area contributed by atoms with Crippen LogP contribution in [0.25, 0.3) is 0 Å². The van der Waals surface area contributed by atoms with E-state index in [4.69, 9.17) is 9.47 Å². The highest BCUT2D eigenvalue weighted by Gasteiger charge is 2.34. The first-order chi connectivity index (χ1) is 12.7. The summed E-state index contributed by atoms with van der Waals surface area (Å²) in [7, 11) is 1.86. The summed E-state index contributed by atoms with van der Waals surface area (Å²) in [4.78, 5) is 7.01. The highest BCUT2D eigenvalue weighted by atomic mass is 16.5. The summed E-state index contributed by atoms with van der Waals surface area (Å²) in [5.74, 6) is 0.903. The van der Waals surface area contributed by atoms with E-state index in [0.29, 0.717) is 11.5 Å². The minimum Gasteiger partial charge on any atom is -0.382 e. The third-order valence-electron chi connectivity index (χ3n) is 6.46. The highest BCUT2D eigenvalue weighted by Crippen LogP contribution is 2.40. The summed E-state index contributed by atoms with van der Waals surface area (Å²) >= 11 is 0. The van der Waals surface area contributed by atoms with Crippen LogP contribution in [0.15, 0.2) is 4.99 Å². The van der Waals surface area contributed by atoms with Crippen molar-refractivity contribution in [1.29, 1.82) is 0 Å². The van der Waals surface area contributed by atoms with Crippen molar-refractivity contribution in [2.24, 2.45) is 10.4 Å². The molecular formula is C20H38N4O2. The SMILES string of the molecule is CCOCCC1(CNC(=NC)NCC2CN3CCCC3CO2)CCCC1. The zero-order valence-electron chi connectivity index (χ0n) is 16.8. The summed E-state index contributed by atoms with van der Waals surface area (Å²) in [5.41, 5.74) is 0.372. The molecule has 2 saturated heterocycles. The van der Waals surface area contributed by atoms with E-state index in [2.05, 4.69) is 27.4 Å². The molecule has 6 heteroatoms. The molecule has 3 rings (SSSR count). The maximum atomic E-state index is 6.05. The van der Waals surface area contributed by atoms with Gasteiger partial charge in [0, 0.05) is 45.9 Å². The zero-order chi connectivity index (χ0) is 18.2. The fourth-order valence-electron chi connectivity index (χ4n) is 4.78. The first-order valence-electron chi connectivity index (χ1n) is 10.6. The number of guanidine groups is 1. The number of nitrogens with one attached hydrogen (secondary N) is 2. The lowest BCUT2D eigenvalue weighted by atomic mass is 9.83. The molecule has 0 spiro atoms. The van der Waals surface area contributed by atoms with Crippen LogP contribution in [0, 0.1) is 5.41 Å². The Morgan fingerprint density at radius 1 is 1.27 bits per heavy atom. The average molecular weight is 367 g/mol. The molecule has 6 nitrogen and oxygen atoms in total. The Morgan fingerprint density at radius 3 is 2.88 bits per heavy atom. The van der Waals surface area contributed by atoms with Gasteiger partial charge in [0.2, 0.25) is 0 Å². The molecule has 1 aliphatic carbocycles. The number of hydrogen-bond acceptors (Lipinski definition) is 4. The molecule has 0 amide bonds. The van der Waals surface area contributed by atoms with Gasteiger partial charge in [-0.1, -0.05) is 12.8 Å². The van der Waals surface area contributed by atoms with E-state index in [1.807, 2.05) is 7.05 Å². The van der Waals surface area contributed by atoms with E-state index in [9.17, 15) is 0 Å². The molecule has 150 valence electrons. The van der Waals surface area contributed by atoms with E-state index >= 15 is 0 Å². The quantitative estimate of drug-likeness (QED) is 0.391. The van der Waals surface area contributed by atoms with Crippen LogP contribution in [0.4, 0.5) is 0 Å². The van der Waals surface area contributed by atoms with E-state index in [1.165, 1.54) is 45.1 Å². The maximum Gasteiger partial charge on any atom is 0.191 e. The first-order valence-corrected chi connectivity index (χ1v) is 10.6. The minimum atomic E-state index is 0.265. The third-order valence-corrected chi connectivity index (χ3v) is 6.46. The summed E-state index contributed by atoms with van der Waals surface area (Å²) in [5, 5.41) is 7.06. The van der Waals surface area contributed by atoms with Crippen molar-refractivity contribution in [2.75, 3.05) is 53.0 Å². The van der Waals surface area contributed by atoms with E-state index < -0.39 is 0 Å². The van der Waals surface area contributed by atoms with Gasteiger partial charge in [-0.05, 0) is 51.0 Å². The van der Waals surface area contributed by atoms with Crippen molar-refractivity contribution in [3.05, 3.63) is 0 Å². The molecule has 3 fully saturated rings. The van der Waals surface area contributed by atoms with Gasteiger partial charge in [-0.25, -0.2) is 0 Å². The van der Waals surface area contributed by atoms with Crippen LogP contribution in [0.5, 0.6) is 0 Å². The van der Waals surface area contributed by atoms with Crippen LogP contribution in [-0.4, -0.2) is 76.1 Å². The molecule has 0 aromatic rings. The highest BCUT2D eigenvalue weighted by molar-refractivity contribution is 5.79. The van der Waals surface area contributed by atoms with Crippen LogP contribution in [0.2, 0.25) is 0 Å². The Labute approximate surface area is 159 Å². The number of rotatable bonds is 8. The summed E-state index contributed by atoms with van der Waals surface area (Å²) < 4.78 is 11.7. The van der Waals surface area contributed by atoms with E-state index in [1.54, 1.807) is 0 Å². The van der Waals surface area contributed by atoms with Gasteiger partial charge >= 0.3 is 0 Å². The second-order valence-electron chi connectivity index (χ2n) is 8.21. The van der Waals surface area contributed by atoms with Gasteiger partial charge < -0.3 is 20.1 Å². The molecule has 0 bridgehead atoms. The average Bonchev–Trinajstić information content (AvgIpc) is 3.31. The predicted molar refractivity (Wildman–Crippen MR) is 106 cm³/mol. The number of hydrogen-bond donors (Lipinski definition) is 2. The van der Waals surface area contributed by atoms with Gasteiger partial charge in [0.1, 0.15) is 0 Å². The van der Waals surface area contributed by atoms with Crippen LogP contribution in [0.3, 0.4) is 0 Å². The molecule has 0 radical (unpaired) electrons. The Morgan fingerprint density at radius 2 is 2.12 bits per heavy atom. The Kier molecular flexibility index (Phi) is 7.58. The molecule has 2 aliphatic heterocycles. The predicted octanol–water partition coefficient (Wildman–Crippen LogP) is 2.00. The summed E-state index contributed by atoms with van der Waals surface area (Å²) in [6.45, 7) is 8.74. The van der Waals surface area contributed by atoms with Crippen molar-refractivity contribution >= 4 is 5.96 Å². The second kappa shape index (κ2) is 9.90. The number of ether oxygens (including phenoxy) is 2. The number of nitrogens with zero attached hydrogens (tertiary/aromatic N) is 2. The second-order valence-corrected chi connectivity index (χ2v) is 8.21. The van der Waals surface area contributed by atoms with Crippen molar-refractivity contribution in [2.45, 2.75) is 64.0 Å². The third kappa shape index (κ3) is 5.33. The molecule has 2 unspecified atom stereocenters. The largest absolute Gasteiger partial charge is 0.382 e. The maximum absolute atomic E-state index is 6.05. The molecule has 26 heavy (non-hydrogen) atoms. The van der Waals surface area contributed by atoms with Gasteiger partial charge in [-0.3, -0.25) is 9.89 Å². The number of aliphatic imine (C=N–C) groups is 1. The van der Waals surface area contributed by atoms with Crippen molar-refractivity contribution in [3.8, 4) is 0 Å². The van der Waals surface area contributed by atoms with Crippen LogP contribution in [0.1, 0.15) is 51.9 Å². The van der Waals surface area contributed by atoms with Gasteiger partial charge in [0.05, 0.1) is 12.7 Å². The minimum absolute atomic E-state index is 0.265. The standard InChI is InChI=1S/C20H38N4O2/c1-3-25-12-10-20(8-4-5-9-20)16-23-19(21-2)22-13-18-14-24-11-6-7-17(24)15-26-18/h17-18H,3-16H2,1-2H3,(H2,21,22,23). The van der Waals surface area contributed by atoms with Crippen LogP contribution >= 0.6 is 0 Å². The van der Waals surface area contributed by atoms with Gasteiger partial charge in [0.15, 0.2) is 5.96 Å². The van der Waals surface area contributed by atoms with E-state index in [-0.39, 0.29) is 6.10 Å². The Bertz CT molecular complexity index is 451. The topological polar surface area (TPSA) is 58.1 Å². The summed E-state index contributed by atoms with van der Waals surface area (Å²) in [6, 6.07) is 0.663. The molecule has 2 N–H and O–H groups in total. The molecular weight excluding hydrogens is 328 g/mol. The molecule has 0 aromatic carbocycles. The molecule has 0 aromatic heterocycles. The molecule has 3 aliphatic rings. The lowest BCUT2D eigenvalue weighted by Crippen LogP contribution is -2.52. The Balaban J connectivity index is 1.41. The molecule has 2 heterocycles. The summed E-state index contributed by atoms with van der Waals surface area (Å²) in [6.07, 6.45) is 9.31. The van der Waals surface area contributed by atoms with Crippen molar-refractivity contribution in [3.63, 3.8) is 0 Å². The van der Waals surface area contributed by atoms with Crippen molar-refractivity contribution in [1.82, 2.24) is 15.5 Å². The van der Waals surface area contributed by atoms with Gasteiger partial charge in [-0.15, -0.1) is 0 Å². The van der Waals surface area contributed by atoms with Gasteiger partial charge in [0.25, 0.3) is 0 Å². The number of fused-ring (bicyclic) bond motifs is 1. The fourth-order valence-corrected chi connectivity index (χ4v) is 4.78. The Hall–Kier alpha value is -0.850. The smallest absolute Gasteiger partial charge is 0.191 e. The molecule has 1 saturated carbocycles. The fraction of sp³-hybridized carbons (Fsp3) is 0.950. The monoisotopic (exact) mass is 366 g/mol. The number of morpholine rings is 1. The van der Waals surface area contributed by atoms with Crippen molar-refractivity contribution < 1.29 is 9.47 Å². The normalized spacial score (nSPS) is 28.9. The molecule has 2 atom stereocenters. The lowest BCUT2D eigenvalue weighted by molar-refractivity contribution is -0.0453. The van der Waals surface area contributed by atoms with Crippen LogP contribution < -0.4 is 10.6 Å². The zero-order valence-corrected chi connectivity index (χ0v) is 16.8. The van der Waals surface area contributed by atoms with Crippen LogP contribution in [-0.2, 0) is 9.47 Å². The first kappa shape index (κ1) is 19.9. The van der Waals surface area contributed by atoms with Gasteiger partial charge in [-0.2, -0.15) is 0 Å².